The van der Waals surface area contributed by atoms with Crippen LogP contribution >= 0.6 is 0 Å². The summed E-state index contributed by atoms with van der Waals surface area (Å²) in [4.78, 5) is 24.7. The number of aliphatic carboxylic acids is 1. The van der Waals surface area contributed by atoms with Crippen LogP contribution < -0.4 is 5.32 Å². The van der Waals surface area contributed by atoms with Crippen LogP contribution in [0.2, 0.25) is 0 Å². The van der Waals surface area contributed by atoms with Gasteiger partial charge in [-0.2, -0.15) is 0 Å². The van der Waals surface area contributed by atoms with Crippen molar-refractivity contribution in [1.29, 1.82) is 0 Å². The summed E-state index contributed by atoms with van der Waals surface area (Å²) in [6.07, 6.45) is -0.192. The van der Waals surface area contributed by atoms with E-state index in [-0.39, 0.29) is 25.4 Å². The van der Waals surface area contributed by atoms with Crippen LogP contribution in [-0.4, -0.2) is 48.2 Å². The molecule has 2 bridgehead atoms. The van der Waals surface area contributed by atoms with E-state index in [1.807, 2.05) is 48.5 Å². The second-order valence-corrected chi connectivity index (χ2v) is 11.2. The van der Waals surface area contributed by atoms with Crippen LogP contribution in [0.5, 0.6) is 0 Å². The van der Waals surface area contributed by atoms with Gasteiger partial charge >= 0.3 is 12.1 Å². The normalized spacial score (nSPS) is 27.9. The Morgan fingerprint density at radius 2 is 1.48 bits per heavy atom. The van der Waals surface area contributed by atoms with Gasteiger partial charge in [-0.25, -0.2) is 18.0 Å². The van der Waals surface area contributed by atoms with Crippen molar-refractivity contribution in [3.05, 3.63) is 59.7 Å². The van der Waals surface area contributed by atoms with Crippen LogP contribution in [0.25, 0.3) is 11.1 Å². The summed E-state index contributed by atoms with van der Waals surface area (Å²) >= 11 is 0. The molecule has 0 saturated carbocycles. The predicted octanol–water partition coefficient (Wildman–Crippen LogP) is 3.09. The number of alkyl carbamates (subject to hydrolysis) is 1. The van der Waals surface area contributed by atoms with Crippen molar-refractivity contribution in [3.8, 4) is 11.1 Å². The smallest absolute Gasteiger partial charge is 0.408 e. The van der Waals surface area contributed by atoms with Crippen molar-refractivity contribution in [1.82, 2.24) is 5.32 Å². The molecular formula is C23H23NO6S. The Kier molecular flexibility index (Phi) is 4.58. The van der Waals surface area contributed by atoms with Crippen LogP contribution in [0.4, 0.5) is 4.79 Å². The molecule has 0 aromatic heterocycles. The number of hydrogen-bond donors (Lipinski definition) is 2. The Morgan fingerprint density at radius 1 is 0.968 bits per heavy atom. The van der Waals surface area contributed by atoms with Gasteiger partial charge in [0.2, 0.25) is 0 Å². The first-order valence-electron chi connectivity index (χ1n) is 10.4. The summed E-state index contributed by atoms with van der Waals surface area (Å²) in [7, 11) is -3.32. The third-order valence-electron chi connectivity index (χ3n) is 6.99. The molecule has 2 heterocycles. The number of carbonyl (C=O) groups excluding carboxylic acids is 1. The van der Waals surface area contributed by atoms with Crippen LogP contribution in [-0.2, 0) is 19.4 Å². The van der Waals surface area contributed by atoms with Gasteiger partial charge in [-0.05, 0) is 47.9 Å². The van der Waals surface area contributed by atoms with Gasteiger partial charge in [0.25, 0.3) is 0 Å². The van der Waals surface area contributed by atoms with E-state index in [9.17, 15) is 23.1 Å². The summed E-state index contributed by atoms with van der Waals surface area (Å²) in [5.41, 5.74) is 2.71. The number of ether oxygens (including phenoxy) is 1. The van der Waals surface area contributed by atoms with Crippen molar-refractivity contribution >= 4 is 21.9 Å². The summed E-state index contributed by atoms with van der Waals surface area (Å²) in [5, 5.41) is 10.9. The van der Waals surface area contributed by atoms with Crippen molar-refractivity contribution in [2.45, 2.75) is 47.6 Å². The van der Waals surface area contributed by atoms with E-state index in [1.54, 1.807) is 0 Å². The number of fused-ring (bicyclic) bond motifs is 5. The first kappa shape index (κ1) is 20.1. The lowest BCUT2D eigenvalue weighted by atomic mass is 9.89. The molecule has 2 atom stereocenters. The Balaban J connectivity index is 1.33. The lowest BCUT2D eigenvalue weighted by Crippen LogP contribution is -2.60. The van der Waals surface area contributed by atoms with E-state index >= 15 is 0 Å². The van der Waals surface area contributed by atoms with Gasteiger partial charge in [-0.3, -0.25) is 0 Å². The number of rotatable bonds is 4. The number of benzene rings is 2. The molecule has 2 fully saturated rings. The molecular weight excluding hydrogens is 418 g/mol. The molecule has 8 heteroatoms. The first-order valence-corrected chi connectivity index (χ1v) is 12.0. The van der Waals surface area contributed by atoms with Crippen molar-refractivity contribution in [2.75, 3.05) is 6.61 Å². The topological polar surface area (TPSA) is 110 Å². The fourth-order valence-corrected chi connectivity index (χ4v) is 7.94. The third kappa shape index (κ3) is 3.12. The van der Waals surface area contributed by atoms with Gasteiger partial charge < -0.3 is 15.2 Å². The molecule has 3 aliphatic rings. The highest BCUT2D eigenvalue weighted by Gasteiger charge is 2.57. The summed E-state index contributed by atoms with van der Waals surface area (Å²) in [5.74, 6) is -1.35. The summed E-state index contributed by atoms with van der Waals surface area (Å²) in [6, 6.07) is 15.9. The maximum atomic E-state index is 12.7. The first-order chi connectivity index (χ1) is 14.8. The zero-order chi connectivity index (χ0) is 21.8. The monoisotopic (exact) mass is 441 g/mol. The van der Waals surface area contributed by atoms with Crippen molar-refractivity contribution in [2.24, 2.45) is 0 Å². The van der Waals surface area contributed by atoms with Crippen molar-refractivity contribution in [3.63, 3.8) is 0 Å². The van der Waals surface area contributed by atoms with E-state index in [1.165, 1.54) is 0 Å². The Hall–Kier alpha value is -2.87. The zero-order valence-corrected chi connectivity index (χ0v) is 17.6. The predicted molar refractivity (Wildman–Crippen MR) is 114 cm³/mol. The van der Waals surface area contributed by atoms with Crippen LogP contribution in [0.15, 0.2) is 48.5 Å². The van der Waals surface area contributed by atoms with Gasteiger partial charge in [0, 0.05) is 5.92 Å². The molecule has 7 nitrogen and oxygen atoms in total. The molecule has 2 aromatic rings. The quantitative estimate of drug-likeness (QED) is 0.755. The maximum absolute atomic E-state index is 12.7. The van der Waals surface area contributed by atoms with Gasteiger partial charge in [-0.15, -0.1) is 0 Å². The second kappa shape index (κ2) is 7.09. The molecule has 1 aliphatic carbocycles. The molecule has 2 unspecified atom stereocenters. The highest BCUT2D eigenvalue weighted by molar-refractivity contribution is 7.93. The average Bonchev–Trinajstić information content (AvgIpc) is 3.09. The highest BCUT2D eigenvalue weighted by Crippen LogP contribution is 2.45. The molecule has 162 valence electrons. The second-order valence-electron chi connectivity index (χ2n) is 8.66. The number of hydrogen-bond acceptors (Lipinski definition) is 5. The fourth-order valence-electron chi connectivity index (χ4n) is 5.43. The molecule has 31 heavy (non-hydrogen) atoms. The molecule has 2 aromatic carbocycles. The van der Waals surface area contributed by atoms with Crippen molar-refractivity contribution < 1.29 is 27.9 Å². The van der Waals surface area contributed by atoms with Gasteiger partial charge in [0.1, 0.15) is 12.1 Å². The Morgan fingerprint density at radius 3 is 2.00 bits per heavy atom. The number of carboxylic acid groups (broad SMARTS) is 1. The van der Waals surface area contributed by atoms with E-state index < -0.39 is 37.9 Å². The molecule has 2 N–H and O–H groups in total. The average molecular weight is 442 g/mol. The lowest BCUT2D eigenvalue weighted by Gasteiger charge is -2.37. The maximum Gasteiger partial charge on any atom is 0.408 e. The van der Waals surface area contributed by atoms with E-state index in [0.29, 0.717) is 12.8 Å². The van der Waals surface area contributed by atoms with Gasteiger partial charge in [0.05, 0.1) is 10.5 Å². The molecule has 1 amide bonds. The van der Waals surface area contributed by atoms with Crippen LogP contribution in [0.1, 0.15) is 42.7 Å². The Labute approximate surface area is 180 Å². The van der Waals surface area contributed by atoms with E-state index in [2.05, 4.69) is 5.32 Å². The van der Waals surface area contributed by atoms with Crippen LogP contribution in [0.3, 0.4) is 0 Å². The molecule has 0 spiro atoms. The van der Waals surface area contributed by atoms with Crippen LogP contribution in [0, 0.1) is 0 Å². The van der Waals surface area contributed by atoms with E-state index in [0.717, 1.165) is 22.3 Å². The largest absolute Gasteiger partial charge is 0.480 e. The SMILES string of the molecule is O=C(NC1(C(=O)O)CC2CCC(C1)S2(=O)=O)OCC1c2ccccc2-c2ccccc21. The lowest BCUT2D eigenvalue weighted by molar-refractivity contribution is -0.145. The third-order valence-corrected chi connectivity index (χ3v) is 9.65. The number of carbonyl (C=O) groups is 2. The molecule has 5 rings (SSSR count). The minimum Gasteiger partial charge on any atom is -0.480 e. The standard InChI is InChI=1S/C23H23NO6S/c25-21(26)23(11-14-9-10-15(12-23)31(14,28)29)24-22(27)30-13-20-18-7-3-1-5-16(18)17-6-2-4-8-19(17)20/h1-8,14-15,20H,9-13H2,(H,24,27)(H,25,26). The number of amides is 1. The number of carboxylic acids is 1. The summed E-state index contributed by atoms with van der Waals surface area (Å²) < 4.78 is 30.2. The molecule has 0 radical (unpaired) electrons. The minimum atomic E-state index is -3.32. The number of sulfone groups is 1. The molecule has 2 aliphatic heterocycles. The zero-order valence-electron chi connectivity index (χ0n) is 16.8. The highest BCUT2D eigenvalue weighted by atomic mass is 32.2. The minimum absolute atomic E-state index is 0.0702. The summed E-state index contributed by atoms with van der Waals surface area (Å²) in [6.45, 7) is 0.0702. The fraction of sp³-hybridized carbons (Fsp3) is 0.391. The van der Waals surface area contributed by atoms with Gasteiger partial charge in [0.15, 0.2) is 9.84 Å². The van der Waals surface area contributed by atoms with E-state index in [4.69, 9.17) is 4.74 Å². The Bertz CT molecular complexity index is 1110. The van der Waals surface area contributed by atoms with Gasteiger partial charge in [-0.1, -0.05) is 48.5 Å². The molecule has 2 saturated heterocycles. The number of nitrogens with one attached hydrogen (secondary N) is 1.